The number of para-hydroxylation sites is 1. The maximum Gasteiger partial charge on any atom is 1.00 e. The number of sulfonamides is 1. The quantitative estimate of drug-likeness (QED) is 0.218. The fourth-order valence-corrected chi connectivity index (χ4v) is 5.98. The zero-order chi connectivity index (χ0) is 25.2. The molecule has 0 amide bonds. The van der Waals surface area contributed by atoms with Gasteiger partial charge < -0.3 is 5.11 Å². The first-order valence-corrected chi connectivity index (χ1v) is 13.3. The van der Waals surface area contributed by atoms with E-state index in [1.807, 2.05) is 0 Å². The van der Waals surface area contributed by atoms with Gasteiger partial charge in [-0.2, -0.15) is 13.5 Å². The number of hydrogen-bond donors (Lipinski definition) is 1. The van der Waals surface area contributed by atoms with Gasteiger partial charge in [0.15, 0.2) is 0 Å². The third-order valence-electron chi connectivity index (χ3n) is 5.25. The molecule has 180 valence electrons. The Hall–Kier alpha value is -2.80. The van der Waals surface area contributed by atoms with Gasteiger partial charge in [0.2, 0.25) is 0 Å². The second kappa shape index (κ2) is 11.1. The van der Waals surface area contributed by atoms with Crippen LogP contribution in [0.15, 0.2) is 105 Å². The molecule has 0 saturated carbocycles. The zero-order valence-corrected chi connectivity index (χ0v) is 23.1. The Morgan fingerprint density at radius 3 is 1.97 bits per heavy atom. The molecule has 0 spiro atoms. The minimum Gasteiger partial charge on any atom is -0.871 e. The second-order valence-corrected chi connectivity index (χ2v) is 10.6. The van der Waals surface area contributed by atoms with E-state index in [-0.39, 0.29) is 63.1 Å². The van der Waals surface area contributed by atoms with Crippen LogP contribution in [0.3, 0.4) is 0 Å². The number of anilines is 1. The van der Waals surface area contributed by atoms with E-state index in [2.05, 4.69) is 10.2 Å². The number of azo groups is 1. The van der Waals surface area contributed by atoms with Crippen LogP contribution >= 0.6 is 0 Å². The fraction of sp³-hybridized carbons (Fsp3) is 0.0833. The first-order valence-electron chi connectivity index (χ1n) is 10.4. The van der Waals surface area contributed by atoms with E-state index < -0.39 is 30.8 Å². The predicted molar refractivity (Wildman–Crippen MR) is 130 cm³/mol. The molecule has 0 aromatic heterocycles. The molecular formula is C24H20N3NaO6S2. The summed E-state index contributed by atoms with van der Waals surface area (Å²) in [5.41, 5.74) is 0.0673. The van der Waals surface area contributed by atoms with Crippen LogP contribution in [0.5, 0.6) is 5.75 Å². The van der Waals surface area contributed by atoms with Gasteiger partial charge in [0.1, 0.15) is 15.5 Å². The van der Waals surface area contributed by atoms with Gasteiger partial charge in [0.05, 0.1) is 11.4 Å². The van der Waals surface area contributed by atoms with Crippen molar-refractivity contribution < 1.29 is 56.1 Å². The number of fused-ring (bicyclic) bond motifs is 1. The van der Waals surface area contributed by atoms with Crippen molar-refractivity contribution in [1.82, 2.24) is 0 Å². The van der Waals surface area contributed by atoms with Crippen LogP contribution in [-0.2, 0) is 20.1 Å². The standard InChI is InChI=1S/C24H21N3O6S2.Na/c1-2-27(17-10-4-3-5-11-17)34(29,30)22-15-9-8-14-20(22)25-26-21-16-23(35(31,32)33)18-12-6-7-13-19(18)24(21)28;/h3-16,28H,2H2,1H3,(H,31,32,33);/q;+1/p-1. The van der Waals surface area contributed by atoms with E-state index in [9.17, 15) is 26.5 Å². The van der Waals surface area contributed by atoms with Gasteiger partial charge in [0.25, 0.3) is 20.1 Å². The number of nitrogens with zero attached hydrogens (tertiary/aromatic N) is 3. The summed E-state index contributed by atoms with van der Waals surface area (Å²) in [4.78, 5) is -0.638. The van der Waals surface area contributed by atoms with E-state index in [1.54, 1.807) is 49.4 Å². The molecule has 1 N–H and O–H groups in total. The molecule has 0 aliphatic heterocycles. The molecule has 0 aliphatic rings. The smallest absolute Gasteiger partial charge is 0.871 e. The van der Waals surface area contributed by atoms with E-state index in [4.69, 9.17) is 0 Å². The van der Waals surface area contributed by atoms with Gasteiger partial charge in [0, 0.05) is 11.9 Å². The molecule has 0 aliphatic carbocycles. The molecule has 9 nitrogen and oxygen atoms in total. The van der Waals surface area contributed by atoms with Crippen molar-refractivity contribution in [2.45, 2.75) is 16.7 Å². The topological polar surface area (TPSA) is 140 Å². The molecule has 0 saturated heterocycles. The summed E-state index contributed by atoms with van der Waals surface area (Å²) in [6, 6.07) is 21.2. The summed E-state index contributed by atoms with van der Waals surface area (Å²) in [7, 11) is -8.72. The molecule has 4 aromatic carbocycles. The Balaban J connectivity index is 0.00000361. The van der Waals surface area contributed by atoms with Crippen molar-refractivity contribution >= 4 is 48.0 Å². The predicted octanol–water partition coefficient (Wildman–Crippen LogP) is 1.79. The van der Waals surface area contributed by atoms with E-state index in [0.29, 0.717) is 5.69 Å². The van der Waals surface area contributed by atoms with Gasteiger partial charge in [-0.15, -0.1) is 5.11 Å². The van der Waals surface area contributed by atoms with Gasteiger partial charge >= 0.3 is 29.6 Å². The second-order valence-electron chi connectivity index (χ2n) is 7.42. The van der Waals surface area contributed by atoms with E-state index in [0.717, 1.165) is 6.07 Å². The Morgan fingerprint density at radius 1 is 0.778 bits per heavy atom. The van der Waals surface area contributed by atoms with Crippen molar-refractivity contribution in [3.05, 3.63) is 84.9 Å². The van der Waals surface area contributed by atoms with Crippen LogP contribution < -0.4 is 39.0 Å². The first kappa shape index (κ1) is 27.8. The molecule has 4 aromatic rings. The summed E-state index contributed by atoms with van der Waals surface area (Å²) in [5.74, 6) is -0.614. The summed E-state index contributed by atoms with van der Waals surface area (Å²) in [6.45, 7) is 1.86. The zero-order valence-electron chi connectivity index (χ0n) is 19.4. The Bertz CT molecular complexity index is 1640. The number of hydrogen-bond acceptors (Lipinski definition) is 7. The SMILES string of the molecule is CCN(c1ccccc1)S(=O)(=O)c1ccccc1N=Nc1cc(S(=O)(=O)O)c2ccccc2c1[O-].[Na+]. The minimum absolute atomic E-state index is 0. The maximum atomic E-state index is 13.5. The molecule has 0 bridgehead atoms. The summed E-state index contributed by atoms with van der Waals surface area (Å²) >= 11 is 0. The van der Waals surface area contributed by atoms with E-state index in [1.165, 1.54) is 40.7 Å². The molecule has 0 atom stereocenters. The molecule has 0 fully saturated rings. The molecular weight excluding hydrogens is 513 g/mol. The van der Waals surface area contributed by atoms with Gasteiger partial charge in [-0.1, -0.05) is 60.3 Å². The summed E-state index contributed by atoms with van der Waals surface area (Å²) < 4.78 is 61.6. The summed E-state index contributed by atoms with van der Waals surface area (Å²) in [6.07, 6.45) is 0. The van der Waals surface area contributed by atoms with Crippen molar-refractivity contribution in [3.8, 4) is 5.75 Å². The largest absolute Gasteiger partial charge is 1.00 e. The summed E-state index contributed by atoms with van der Waals surface area (Å²) in [5, 5.41) is 20.8. The van der Waals surface area contributed by atoms with Crippen LogP contribution in [0.2, 0.25) is 0 Å². The average Bonchev–Trinajstić information content (AvgIpc) is 2.84. The van der Waals surface area contributed by atoms with Crippen molar-refractivity contribution in [1.29, 1.82) is 0 Å². The van der Waals surface area contributed by atoms with Crippen LogP contribution in [0, 0.1) is 0 Å². The van der Waals surface area contributed by atoms with Crippen LogP contribution in [0.1, 0.15) is 6.92 Å². The average molecular weight is 534 g/mol. The molecule has 12 heteroatoms. The first-order chi connectivity index (χ1) is 16.6. The molecule has 36 heavy (non-hydrogen) atoms. The fourth-order valence-electron chi connectivity index (χ4n) is 3.66. The normalized spacial score (nSPS) is 11.9. The van der Waals surface area contributed by atoms with Crippen LogP contribution in [-0.4, -0.2) is 27.9 Å². The third kappa shape index (κ3) is 5.46. The van der Waals surface area contributed by atoms with Gasteiger partial charge in [-0.25, -0.2) is 8.42 Å². The molecule has 0 heterocycles. The van der Waals surface area contributed by atoms with Crippen molar-refractivity contribution in [2.75, 3.05) is 10.8 Å². The number of benzene rings is 4. The Morgan fingerprint density at radius 2 is 1.33 bits per heavy atom. The Kier molecular flexibility index (Phi) is 8.55. The van der Waals surface area contributed by atoms with Crippen LogP contribution in [0.25, 0.3) is 10.8 Å². The minimum atomic E-state index is -4.67. The van der Waals surface area contributed by atoms with Gasteiger partial charge in [-0.3, -0.25) is 8.86 Å². The monoisotopic (exact) mass is 533 g/mol. The molecule has 0 radical (unpaired) electrons. The maximum absolute atomic E-state index is 13.5. The van der Waals surface area contributed by atoms with Gasteiger partial charge in [-0.05, 0) is 42.6 Å². The molecule has 4 rings (SSSR count). The number of rotatable bonds is 7. The third-order valence-corrected chi connectivity index (χ3v) is 8.09. The van der Waals surface area contributed by atoms with Crippen LogP contribution in [0.4, 0.5) is 17.1 Å². The van der Waals surface area contributed by atoms with Crippen molar-refractivity contribution in [3.63, 3.8) is 0 Å². The molecule has 0 unspecified atom stereocenters. The van der Waals surface area contributed by atoms with E-state index >= 15 is 0 Å². The Labute approximate surface area is 231 Å². The van der Waals surface area contributed by atoms with Crippen molar-refractivity contribution in [2.24, 2.45) is 10.2 Å².